The lowest BCUT2D eigenvalue weighted by Crippen LogP contribution is -2.37. The monoisotopic (exact) mass is 468 g/mol. The number of thioether (sulfide) groups is 1. The van der Waals surface area contributed by atoms with Gasteiger partial charge in [-0.2, -0.15) is 17.9 Å². The van der Waals surface area contributed by atoms with Crippen LogP contribution < -0.4 is 15.4 Å². The van der Waals surface area contributed by atoms with E-state index >= 15 is 0 Å². The third kappa shape index (κ3) is 6.34. The molecule has 1 heterocycles. The number of amides is 2. The molecule has 0 aliphatic rings. The number of hydrogen-bond donors (Lipinski definition) is 3. The van der Waals surface area contributed by atoms with E-state index in [-0.39, 0.29) is 18.9 Å². The summed E-state index contributed by atoms with van der Waals surface area (Å²) in [6, 6.07) is 10.6. The largest absolute Gasteiger partial charge is 0.491 e. The molecule has 3 N–H and O–H groups in total. The van der Waals surface area contributed by atoms with Crippen LogP contribution in [0.25, 0.3) is 5.69 Å². The zero-order chi connectivity index (χ0) is 23.1. The fraction of sp³-hybridized carbons (Fsp3) is 0.263. The SMILES string of the molecule is CSc1nnnn1-c1cccc(NC(=O)NCC(O)COc2cccc(C(F)(F)F)c2)c1. The number of aliphatic hydroxyl groups is 1. The number of anilines is 1. The van der Waals surface area contributed by atoms with Crippen molar-refractivity contribution in [1.82, 2.24) is 25.5 Å². The quantitative estimate of drug-likeness (QED) is 0.436. The second-order valence-corrected chi connectivity index (χ2v) is 7.23. The summed E-state index contributed by atoms with van der Waals surface area (Å²) in [5, 5.41) is 27.0. The van der Waals surface area contributed by atoms with Crippen LogP contribution in [0.3, 0.4) is 0 Å². The number of urea groups is 1. The van der Waals surface area contributed by atoms with Crippen LogP contribution in [-0.4, -0.2) is 56.9 Å². The van der Waals surface area contributed by atoms with E-state index in [0.717, 1.165) is 12.1 Å². The van der Waals surface area contributed by atoms with Crippen LogP contribution in [0.5, 0.6) is 5.75 Å². The molecule has 0 saturated heterocycles. The summed E-state index contributed by atoms with van der Waals surface area (Å²) in [5.41, 5.74) is 0.263. The number of ether oxygens (including phenoxy) is 1. The maximum Gasteiger partial charge on any atom is 0.416 e. The Hall–Kier alpha value is -3.32. The summed E-state index contributed by atoms with van der Waals surface area (Å²) < 4.78 is 44.9. The number of carbonyl (C=O) groups is 1. The summed E-state index contributed by atoms with van der Waals surface area (Å²) >= 11 is 1.36. The summed E-state index contributed by atoms with van der Waals surface area (Å²) in [6.45, 7) is -0.470. The van der Waals surface area contributed by atoms with Crippen molar-refractivity contribution >= 4 is 23.5 Å². The molecule has 0 spiro atoms. The lowest BCUT2D eigenvalue weighted by atomic mass is 10.2. The fourth-order valence-corrected chi connectivity index (χ4v) is 3.02. The fourth-order valence-electron chi connectivity index (χ4n) is 2.58. The van der Waals surface area contributed by atoms with Gasteiger partial charge in [0.2, 0.25) is 5.16 Å². The number of aromatic nitrogens is 4. The van der Waals surface area contributed by atoms with Crippen LogP contribution in [0, 0.1) is 0 Å². The van der Waals surface area contributed by atoms with Gasteiger partial charge in [0.25, 0.3) is 0 Å². The molecule has 3 rings (SSSR count). The Labute approximate surface area is 185 Å². The van der Waals surface area contributed by atoms with Crippen LogP contribution in [0.15, 0.2) is 53.7 Å². The molecule has 13 heteroatoms. The molecule has 170 valence electrons. The number of alkyl halides is 3. The van der Waals surface area contributed by atoms with Crippen molar-refractivity contribution in [3.05, 3.63) is 54.1 Å². The number of rotatable bonds is 8. The van der Waals surface area contributed by atoms with Crippen molar-refractivity contribution in [1.29, 1.82) is 0 Å². The van der Waals surface area contributed by atoms with E-state index in [1.165, 1.54) is 28.6 Å². The molecule has 0 aliphatic heterocycles. The average molecular weight is 468 g/mol. The van der Waals surface area contributed by atoms with E-state index < -0.39 is 23.9 Å². The Kier molecular flexibility index (Phi) is 7.53. The predicted molar refractivity (Wildman–Crippen MR) is 111 cm³/mol. The zero-order valence-electron chi connectivity index (χ0n) is 16.7. The minimum Gasteiger partial charge on any atom is -0.491 e. The Morgan fingerprint density at radius 2 is 2.03 bits per heavy atom. The van der Waals surface area contributed by atoms with E-state index in [2.05, 4.69) is 26.2 Å². The number of tetrazole rings is 1. The van der Waals surface area contributed by atoms with Crippen LogP contribution in [0.1, 0.15) is 5.56 Å². The molecule has 0 bridgehead atoms. The van der Waals surface area contributed by atoms with Crippen molar-refractivity contribution in [3.8, 4) is 11.4 Å². The lowest BCUT2D eigenvalue weighted by Gasteiger charge is -2.15. The highest BCUT2D eigenvalue weighted by molar-refractivity contribution is 7.98. The van der Waals surface area contributed by atoms with Crippen molar-refractivity contribution in [2.45, 2.75) is 17.4 Å². The highest BCUT2D eigenvalue weighted by atomic mass is 32.2. The van der Waals surface area contributed by atoms with Gasteiger partial charge >= 0.3 is 12.2 Å². The summed E-state index contributed by atoms with van der Waals surface area (Å²) in [6.07, 6.45) is -3.79. The lowest BCUT2D eigenvalue weighted by molar-refractivity contribution is -0.137. The van der Waals surface area contributed by atoms with E-state index in [4.69, 9.17) is 4.74 Å². The van der Waals surface area contributed by atoms with Crippen LogP contribution in [-0.2, 0) is 6.18 Å². The van der Waals surface area contributed by atoms with Gasteiger partial charge in [-0.3, -0.25) is 0 Å². The first-order valence-electron chi connectivity index (χ1n) is 9.22. The van der Waals surface area contributed by atoms with Crippen molar-refractivity contribution in [2.75, 3.05) is 24.7 Å². The summed E-state index contributed by atoms with van der Waals surface area (Å²) in [4.78, 5) is 12.1. The molecule has 32 heavy (non-hydrogen) atoms. The molecule has 2 amide bonds. The number of carbonyl (C=O) groups excluding carboxylic acids is 1. The highest BCUT2D eigenvalue weighted by Gasteiger charge is 2.30. The van der Waals surface area contributed by atoms with Gasteiger partial charge in [0, 0.05) is 12.2 Å². The average Bonchev–Trinajstić information content (AvgIpc) is 3.25. The van der Waals surface area contributed by atoms with Gasteiger partial charge in [-0.15, -0.1) is 5.10 Å². The highest BCUT2D eigenvalue weighted by Crippen LogP contribution is 2.31. The van der Waals surface area contributed by atoms with Crippen LogP contribution in [0.2, 0.25) is 0 Å². The second kappa shape index (κ2) is 10.3. The topological polar surface area (TPSA) is 114 Å². The number of aliphatic hydroxyl groups excluding tert-OH is 1. The maximum atomic E-state index is 12.7. The molecule has 0 aliphatic carbocycles. The van der Waals surface area contributed by atoms with Gasteiger partial charge in [-0.1, -0.05) is 23.9 Å². The van der Waals surface area contributed by atoms with Crippen LogP contribution >= 0.6 is 11.8 Å². The smallest absolute Gasteiger partial charge is 0.416 e. The van der Waals surface area contributed by atoms with Gasteiger partial charge in [-0.25, -0.2) is 4.79 Å². The van der Waals surface area contributed by atoms with E-state index in [9.17, 15) is 23.1 Å². The van der Waals surface area contributed by atoms with Crippen LogP contribution in [0.4, 0.5) is 23.7 Å². The summed E-state index contributed by atoms with van der Waals surface area (Å²) in [7, 11) is 0. The van der Waals surface area contributed by atoms with Gasteiger partial charge < -0.3 is 20.5 Å². The summed E-state index contributed by atoms with van der Waals surface area (Å²) in [5.74, 6) is -0.0349. The maximum absolute atomic E-state index is 12.7. The molecule has 9 nitrogen and oxygen atoms in total. The third-order valence-electron chi connectivity index (χ3n) is 4.07. The molecule has 3 aromatic rings. The van der Waals surface area contributed by atoms with Crippen molar-refractivity contribution in [3.63, 3.8) is 0 Å². The van der Waals surface area contributed by atoms with E-state index in [1.807, 2.05) is 6.26 Å². The predicted octanol–water partition coefficient (Wildman–Crippen LogP) is 2.96. The van der Waals surface area contributed by atoms with Gasteiger partial charge in [0.05, 0.1) is 11.3 Å². The standard InChI is InChI=1S/C19H19F3N6O3S/c1-32-18-25-26-27-28(18)14-6-3-5-13(9-14)24-17(30)23-10-15(29)11-31-16-7-2-4-12(8-16)19(20,21)22/h2-9,15,29H,10-11H2,1H3,(H2,23,24,30). The number of benzene rings is 2. The Bertz CT molecular complexity index is 1060. The number of hydrogen-bond acceptors (Lipinski definition) is 7. The normalized spacial score (nSPS) is 12.3. The Morgan fingerprint density at radius 1 is 1.25 bits per heavy atom. The Morgan fingerprint density at radius 3 is 2.78 bits per heavy atom. The van der Waals surface area contributed by atoms with Crippen molar-refractivity contribution < 1.29 is 27.8 Å². The molecule has 0 radical (unpaired) electrons. The minimum atomic E-state index is -4.49. The minimum absolute atomic E-state index is 0.0349. The second-order valence-electron chi connectivity index (χ2n) is 6.45. The molecular formula is C19H19F3N6O3S. The number of nitrogens with zero attached hydrogens (tertiary/aromatic N) is 4. The zero-order valence-corrected chi connectivity index (χ0v) is 17.5. The first-order chi connectivity index (χ1) is 15.3. The number of halogens is 3. The molecule has 1 unspecified atom stereocenters. The molecule has 0 fully saturated rings. The van der Waals surface area contributed by atoms with Crippen molar-refractivity contribution in [2.24, 2.45) is 0 Å². The van der Waals surface area contributed by atoms with Gasteiger partial charge in [0.1, 0.15) is 18.5 Å². The first kappa shape index (κ1) is 23.3. The molecule has 1 atom stereocenters. The molecule has 1 aromatic heterocycles. The van der Waals surface area contributed by atoms with E-state index in [0.29, 0.717) is 16.5 Å². The third-order valence-corrected chi connectivity index (χ3v) is 4.69. The molecule has 2 aromatic carbocycles. The van der Waals surface area contributed by atoms with Gasteiger partial charge in [-0.05, 0) is 53.1 Å². The Balaban J connectivity index is 1.48. The molecule has 0 saturated carbocycles. The van der Waals surface area contributed by atoms with Gasteiger partial charge in [0.15, 0.2) is 0 Å². The number of nitrogens with one attached hydrogen (secondary N) is 2. The molecular weight excluding hydrogens is 449 g/mol. The van der Waals surface area contributed by atoms with E-state index in [1.54, 1.807) is 24.3 Å². The first-order valence-corrected chi connectivity index (χ1v) is 10.4.